The maximum Gasteiger partial charge on any atom is 0.162 e. The van der Waals surface area contributed by atoms with E-state index in [0.29, 0.717) is 6.42 Å². The average Bonchev–Trinajstić information content (AvgIpc) is 3.04. The minimum atomic E-state index is 0.215. The molecule has 1 aromatic heterocycles. The summed E-state index contributed by atoms with van der Waals surface area (Å²) in [6.45, 7) is 1.01. The van der Waals surface area contributed by atoms with Crippen molar-refractivity contribution in [2.45, 2.75) is 38.6 Å². The number of carbonyl (C=O) groups excluding carboxylic acids is 1. The number of benzene rings is 1. The van der Waals surface area contributed by atoms with E-state index in [2.05, 4.69) is 9.55 Å². The van der Waals surface area contributed by atoms with Gasteiger partial charge < -0.3 is 9.30 Å². The van der Waals surface area contributed by atoms with E-state index in [-0.39, 0.29) is 5.78 Å². The normalized spacial score (nSPS) is 10.5. The third-order valence-corrected chi connectivity index (χ3v) is 3.54. The SMILES string of the molecule is COc1ccc(C(=O)CCCCCCn2ccnc2)cc1. The minimum Gasteiger partial charge on any atom is -0.497 e. The van der Waals surface area contributed by atoms with Crippen LogP contribution in [0.4, 0.5) is 0 Å². The Labute approximate surface area is 125 Å². The van der Waals surface area contributed by atoms with E-state index >= 15 is 0 Å². The molecule has 0 saturated carbocycles. The van der Waals surface area contributed by atoms with Gasteiger partial charge in [-0.1, -0.05) is 12.8 Å². The van der Waals surface area contributed by atoms with Crippen molar-refractivity contribution in [1.82, 2.24) is 9.55 Å². The molecule has 0 N–H and O–H groups in total. The van der Waals surface area contributed by atoms with Crippen LogP contribution in [0.2, 0.25) is 0 Å². The molecule has 0 bridgehead atoms. The molecule has 0 atom stereocenters. The van der Waals surface area contributed by atoms with Gasteiger partial charge in [-0.25, -0.2) is 4.98 Å². The van der Waals surface area contributed by atoms with E-state index in [4.69, 9.17) is 4.74 Å². The fraction of sp³-hybridized carbons (Fsp3) is 0.412. The second-order valence-electron chi connectivity index (χ2n) is 5.12. The first kappa shape index (κ1) is 15.3. The molecule has 0 spiro atoms. The van der Waals surface area contributed by atoms with Gasteiger partial charge >= 0.3 is 0 Å². The van der Waals surface area contributed by atoms with Crippen molar-refractivity contribution in [2.24, 2.45) is 0 Å². The van der Waals surface area contributed by atoms with E-state index in [0.717, 1.165) is 43.5 Å². The number of aromatic nitrogens is 2. The summed E-state index contributed by atoms with van der Waals surface area (Å²) in [5.74, 6) is 0.998. The van der Waals surface area contributed by atoms with Gasteiger partial charge in [0.2, 0.25) is 0 Å². The Morgan fingerprint density at radius 2 is 1.90 bits per heavy atom. The quantitative estimate of drug-likeness (QED) is 0.521. The zero-order chi connectivity index (χ0) is 14.9. The Kier molecular flexibility index (Phi) is 6.00. The van der Waals surface area contributed by atoms with Crippen molar-refractivity contribution >= 4 is 5.78 Å². The van der Waals surface area contributed by atoms with Crippen molar-refractivity contribution in [3.05, 3.63) is 48.5 Å². The van der Waals surface area contributed by atoms with Gasteiger partial charge in [0.25, 0.3) is 0 Å². The molecule has 4 nitrogen and oxygen atoms in total. The van der Waals surface area contributed by atoms with Crippen molar-refractivity contribution in [2.75, 3.05) is 7.11 Å². The van der Waals surface area contributed by atoms with Crippen molar-refractivity contribution < 1.29 is 9.53 Å². The predicted octanol–water partition coefficient (Wildman–Crippen LogP) is 3.73. The molecule has 0 fully saturated rings. The lowest BCUT2D eigenvalue weighted by Gasteiger charge is -2.04. The van der Waals surface area contributed by atoms with Gasteiger partial charge in [-0.05, 0) is 37.1 Å². The minimum absolute atomic E-state index is 0.215. The number of hydrogen-bond acceptors (Lipinski definition) is 3. The van der Waals surface area contributed by atoms with Gasteiger partial charge in [-0.15, -0.1) is 0 Å². The molecule has 0 aliphatic carbocycles. The van der Waals surface area contributed by atoms with Gasteiger partial charge in [0.1, 0.15) is 5.75 Å². The number of ether oxygens (including phenoxy) is 1. The number of hydrogen-bond donors (Lipinski definition) is 0. The van der Waals surface area contributed by atoms with Crippen molar-refractivity contribution in [3.63, 3.8) is 0 Å². The molecule has 0 saturated heterocycles. The summed E-state index contributed by atoms with van der Waals surface area (Å²) < 4.78 is 7.17. The summed E-state index contributed by atoms with van der Waals surface area (Å²) in [5.41, 5.74) is 0.772. The lowest BCUT2D eigenvalue weighted by molar-refractivity contribution is 0.0979. The third-order valence-electron chi connectivity index (χ3n) is 3.54. The highest BCUT2D eigenvalue weighted by Crippen LogP contribution is 2.14. The van der Waals surface area contributed by atoms with Gasteiger partial charge in [-0.3, -0.25) is 4.79 Å². The molecular formula is C17H22N2O2. The number of unbranched alkanes of at least 4 members (excludes halogenated alkanes) is 3. The van der Waals surface area contributed by atoms with Crippen LogP contribution >= 0.6 is 0 Å². The summed E-state index contributed by atoms with van der Waals surface area (Å²) in [6, 6.07) is 7.33. The largest absolute Gasteiger partial charge is 0.497 e. The average molecular weight is 286 g/mol. The van der Waals surface area contributed by atoms with Gasteiger partial charge in [-0.2, -0.15) is 0 Å². The maximum atomic E-state index is 12.0. The van der Waals surface area contributed by atoms with Crippen LogP contribution in [-0.4, -0.2) is 22.4 Å². The Balaban J connectivity index is 1.60. The molecule has 0 radical (unpaired) electrons. The lowest BCUT2D eigenvalue weighted by atomic mass is 10.0. The first-order valence-electron chi connectivity index (χ1n) is 7.42. The number of Topliss-reactive ketones (excluding diaryl/α,β-unsaturated/α-hetero) is 1. The van der Waals surface area contributed by atoms with Crippen LogP contribution in [-0.2, 0) is 6.54 Å². The standard InChI is InChI=1S/C17H22N2O2/c1-21-16-9-7-15(8-10-16)17(20)6-4-2-3-5-12-19-13-11-18-14-19/h7-11,13-14H,2-6,12H2,1H3. The summed E-state index contributed by atoms with van der Waals surface area (Å²) in [6.07, 6.45) is 10.6. The molecule has 4 heteroatoms. The highest BCUT2D eigenvalue weighted by atomic mass is 16.5. The molecule has 0 unspecified atom stereocenters. The van der Waals surface area contributed by atoms with E-state index in [1.54, 1.807) is 13.3 Å². The molecule has 0 amide bonds. The molecule has 1 heterocycles. The van der Waals surface area contributed by atoms with Crippen LogP contribution < -0.4 is 4.74 Å². The van der Waals surface area contributed by atoms with Crippen LogP contribution in [0, 0.1) is 0 Å². The van der Waals surface area contributed by atoms with Crippen molar-refractivity contribution in [3.8, 4) is 5.75 Å². The lowest BCUT2D eigenvalue weighted by Crippen LogP contribution is -1.99. The van der Waals surface area contributed by atoms with Gasteiger partial charge in [0.15, 0.2) is 5.78 Å². The smallest absolute Gasteiger partial charge is 0.162 e. The monoisotopic (exact) mass is 286 g/mol. The summed E-state index contributed by atoms with van der Waals surface area (Å²) in [7, 11) is 1.63. The highest BCUT2D eigenvalue weighted by molar-refractivity contribution is 5.96. The first-order valence-corrected chi connectivity index (χ1v) is 7.42. The Hall–Kier alpha value is -2.10. The molecule has 21 heavy (non-hydrogen) atoms. The molecule has 2 aromatic rings. The van der Waals surface area contributed by atoms with E-state index in [1.807, 2.05) is 36.8 Å². The maximum absolute atomic E-state index is 12.0. The number of carbonyl (C=O) groups is 1. The number of methoxy groups -OCH3 is 1. The molecule has 2 rings (SSSR count). The third kappa shape index (κ3) is 5.06. The Morgan fingerprint density at radius 3 is 2.57 bits per heavy atom. The molecule has 0 aliphatic rings. The molecule has 112 valence electrons. The zero-order valence-corrected chi connectivity index (χ0v) is 12.5. The Morgan fingerprint density at radius 1 is 1.14 bits per heavy atom. The first-order chi connectivity index (χ1) is 10.3. The zero-order valence-electron chi connectivity index (χ0n) is 12.5. The fourth-order valence-corrected chi connectivity index (χ4v) is 2.27. The molecule has 0 aliphatic heterocycles. The van der Waals surface area contributed by atoms with Crippen LogP contribution in [0.25, 0.3) is 0 Å². The van der Waals surface area contributed by atoms with Crippen molar-refractivity contribution in [1.29, 1.82) is 0 Å². The number of nitrogens with zero attached hydrogens (tertiary/aromatic N) is 2. The molecular weight excluding hydrogens is 264 g/mol. The number of aryl methyl sites for hydroxylation is 1. The van der Waals surface area contributed by atoms with E-state index in [9.17, 15) is 4.79 Å². The second-order valence-corrected chi connectivity index (χ2v) is 5.12. The predicted molar refractivity (Wildman–Crippen MR) is 82.6 cm³/mol. The summed E-state index contributed by atoms with van der Waals surface area (Å²) >= 11 is 0. The summed E-state index contributed by atoms with van der Waals surface area (Å²) in [4.78, 5) is 16.0. The Bertz CT molecular complexity index is 532. The number of rotatable bonds is 9. The van der Waals surface area contributed by atoms with Crippen LogP contribution in [0.15, 0.2) is 43.0 Å². The highest BCUT2D eigenvalue weighted by Gasteiger charge is 2.05. The second kappa shape index (κ2) is 8.25. The fourth-order valence-electron chi connectivity index (χ4n) is 2.27. The van der Waals surface area contributed by atoms with Crippen LogP contribution in [0.5, 0.6) is 5.75 Å². The van der Waals surface area contributed by atoms with E-state index in [1.165, 1.54) is 0 Å². The topological polar surface area (TPSA) is 44.1 Å². The van der Waals surface area contributed by atoms with Gasteiger partial charge in [0, 0.05) is 30.9 Å². The van der Waals surface area contributed by atoms with Gasteiger partial charge in [0.05, 0.1) is 13.4 Å². The van der Waals surface area contributed by atoms with Crippen LogP contribution in [0.3, 0.4) is 0 Å². The summed E-state index contributed by atoms with van der Waals surface area (Å²) in [5, 5.41) is 0. The van der Waals surface area contributed by atoms with Crippen LogP contribution in [0.1, 0.15) is 42.5 Å². The molecule has 1 aromatic carbocycles. The number of imidazole rings is 1. The number of ketones is 1. The van der Waals surface area contributed by atoms with E-state index < -0.39 is 0 Å².